The van der Waals surface area contributed by atoms with Crippen molar-refractivity contribution in [3.8, 4) is 0 Å². The summed E-state index contributed by atoms with van der Waals surface area (Å²) in [6.07, 6.45) is 6.44. The summed E-state index contributed by atoms with van der Waals surface area (Å²) in [6, 6.07) is 32.1. The number of aliphatic hydroxyl groups is 1. The van der Waals surface area contributed by atoms with Crippen molar-refractivity contribution in [2.45, 2.75) is 31.3 Å². The van der Waals surface area contributed by atoms with Crippen molar-refractivity contribution in [1.29, 1.82) is 0 Å². The fraction of sp³-hybridized carbons (Fsp3) is 0.200. The molecule has 31 heavy (non-hydrogen) atoms. The summed E-state index contributed by atoms with van der Waals surface area (Å²) in [5.41, 5.74) is 6.30. The van der Waals surface area contributed by atoms with Gasteiger partial charge in [0.25, 0.3) is 0 Å². The molecule has 0 amide bonds. The third-order valence-electron chi connectivity index (χ3n) is 7.31. The highest BCUT2D eigenvalue weighted by Gasteiger charge is 2.46. The minimum atomic E-state index is -1.05. The van der Waals surface area contributed by atoms with Crippen LogP contribution < -0.4 is 0 Å². The Morgan fingerprint density at radius 1 is 0.710 bits per heavy atom. The molecule has 0 aromatic heterocycles. The Labute approximate surface area is 183 Å². The van der Waals surface area contributed by atoms with Gasteiger partial charge in [-0.15, -0.1) is 0 Å². The van der Waals surface area contributed by atoms with Crippen LogP contribution >= 0.6 is 0 Å². The predicted molar refractivity (Wildman–Crippen MR) is 128 cm³/mol. The van der Waals surface area contributed by atoms with Crippen molar-refractivity contribution < 1.29 is 5.11 Å². The Balaban J connectivity index is 1.58. The molecule has 0 radical (unpaired) electrons. The SMILES string of the molecule is OC1(c2ccc3ccccc3c2)c2ccccc2CCC1C1=CCCc2ccccc21. The lowest BCUT2D eigenvalue weighted by Crippen LogP contribution is -2.41. The minimum Gasteiger partial charge on any atom is -0.380 e. The van der Waals surface area contributed by atoms with Crippen LogP contribution in [0.25, 0.3) is 16.3 Å². The molecule has 0 spiro atoms. The number of fused-ring (bicyclic) bond motifs is 3. The van der Waals surface area contributed by atoms with E-state index in [1.807, 2.05) is 0 Å². The highest BCUT2D eigenvalue weighted by Crippen LogP contribution is 2.51. The van der Waals surface area contributed by atoms with Crippen LogP contribution in [0, 0.1) is 5.92 Å². The van der Waals surface area contributed by atoms with Crippen LogP contribution in [-0.2, 0) is 18.4 Å². The third kappa shape index (κ3) is 2.88. The number of aryl methyl sites for hydroxylation is 2. The van der Waals surface area contributed by atoms with Crippen molar-refractivity contribution in [2.75, 3.05) is 0 Å². The van der Waals surface area contributed by atoms with E-state index >= 15 is 0 Å². The Bertz CT molecular complexity index is 1310. The molecule has 2 unspecified atom stereocenters. The maximum atomic E-state index is 12.7. The molecular weight excluding hydrogens is 376 g/mol. The van der Waals surface area contributed by atoms with Gasteiger partial charge in [0.1, 0.15) is 5.60 Å². The van der Waals surface area contributed by atoms with Crippen LogP contribution in [0.15, 0.2) is 97.1 Å². The van der Waals surface area contributed by atoms with Crippen molar-refractivity contribution in [2.24, 2.45) is 5.92 Å². The highest BCUT2D eigenvalue weighted by atomic mass is 16.3. The van der Waals surface area contributed by atoms with E-state index in [4.69, 9.17) is 0 Å². The average molecular weight is 403 g/mol. The minimum absolute atomic E-state index is 0.0324. The molecule has 6 rings (SSSR count). The van der Waals surface area contributed by atoms with Gasteiger partial charge in [-0.1, -0.05) is 91.0 Å². The van der Waals surface area contributed by atoms with E-state index in [2.05, 4.69) is 97.1 Å². The van der Waals surface area contributed by atoms with Gasteiger partial charge in [-0.3, -0.25) is 0 Å². The summed E-state index contributed by atoms with van der Waals surface area (Å²) in [4.78, 5) is 0. The maximum Gasteiger partial charge on any atom is 0.122 e. The van der Waals surface area contributed by atoms with E-state index in [9.17, 15) is 5.11 Å². The summed E-state index contributed by atoms with van der Waals surface area (Å²) < 4.78 is 0. The lowest BCUT2D eigenvalue weighted by Gasteiger charge is -2.44. The largest absolute Gasteiger partial charge is 0.380 e. The molecule has 0 saturated heterocycles. The van der Waals surface area contributed by atoms with Gasteiger partial charge in [0.2, 0.25) is 0 Å². The molecule has 1 N–H and O–H groups in total. The zero-order valence-electron chi connectivity index (χ0n) is 17.6. The molecule has 2 aliphatic carbocycles. The Morgan fingerprint density at radius 3 is 2.35 bits per heavy atom. The number of hydrogen-bond donors (Lipinski definition) is 1. The summed E-state index contributed by atoms with van der Waals surface area (Å²) >= 11 is 0. The molecule has 1 nitrogen and oxygen atoms in total. The van der Waals surface area contributed by atoms with Crippen molar-refractivity contribution >= 4 is 16.3 Å². The Morgan fingerprint density at radius 2 is 1.45 bits per heavy atom. The predicted octanol–water partition coefficient (Wildman–Crippen LogP) is 6.67. The zero-order valence-corrected chi connectivity index (χ0v) is 17.6. The monoisotopic (exact) mass is 402 g/mol. The second-order valence-corrected chi connectivity index (χ2v) is 8.93. The van der Waals surface area contributed by atoms with Crippen molar-refractivity contribution in [3.63, 3.8) is 0 Å². The fourth-order valence-corrected chi connectivity index (χ4v) is 5.81. The zero-order chi connectivity index (χ0) is 20.8. The van der Waals surface area contributed by atoms with Gasteiger partial charge in [0.05, 0.1) is 0 Å². The molecule has 0 bridgehead atoms. The molecule has 2 aliphatic rings. The lowest BCUT2D eigenvalue weighted by molar-refractivity contribution is 0.0292. The first-order valence-corrected chi connectivity index (χ1v) is 11.3. The first-order valence-electron chi connectivity index (χ1n) is 11.3. The topological polar surface area (TPSA) is 20.2 Å². The van der Waals surface area contributed by atoms with Crippen LogP contribution in [0.3, 0.4) is 0 Å². The number of benzene rings is 4. The molecule has 0 aliphatic heterocycles. The van der Waals surface area contributed by atoms with Crippen molar-refractivity contribution in [3.05, 3.63) is 125 Å². The molecule has 4 aromatic carbocycles. The molecule has 152 valence electrons. The van der Waals surface area contributed by atoms with E-state index in [0.29, 0.717) is 0 Å². The molecule has 0 heterocycles. The van der Waals surface area contributed by atoms with Gasteiger partial charge in [-0.2, -0.15) is 0 Å². The quantitative estimate of drug-likeness (QED) is 0.397. The van der Waals surface area contributed by atoms with Crippen LogP contribution in [0.1, 0.15) is 40.7 Å². The Hall–Kier alpha value is -3.16. The van der Waals surface area contributed by atoms with Gasteiger partial charge < -0.3 is 5.11 Å². The van der Waals surface area contributed by atoms with Gasteiger partial charge >= 0.3 is 0 Å². The maximum absolute atomic E-state index is 12.7. The second kappa shape index (κ2) is 7.21. The number of hydrogen-bond acceptors (Lipinski definition) is 1. The number of allylic oxidation sites excluding steroid dienone is 1. The first kappa shape index (κ1) is 18.6. The molecular formula is C30H26O. The van der Waals surface area contributed by atoms with Gasteiger partial charge in [0.15, 0.2) is 0 Å². The van der Waals surface area contributed by atoms with Gasteiger partial charge in [-0.05, 0) is 75.9 Å². The summed E-state index contributed by atoms with van der Waals surface area (Å²) in [6.45, 7) is 0. The number of rotatable bonds is 2. The van der Waals surface area contributed by atoms with Crippen LogP contribution in [-0.4, -0.2) is 5.11 Å². The van der Waals surface area contributed by atoms with E-state index in [1.165, 1.54) is 33.0 Å². The van der Waals surface area contributed by atoms with Crippen molar-refractivity contribution in [1.82, 2.24) is 0 Å². The van der Waals surface area contributed by atoms with Gasteiger partial charge in [-0.25, -0.2) is 0 Å². The summed E-state index contributed by atoms with van der Waals surface area (Å²) in [7, 11) is 0. The average Bonchev–Trinajstić information content (AvgIpc) is 2.84. The molecule has 2 atom stereocenters. The normalized spacial score (nSPS) is 22.5. The fourth-order valence-electron chi connectivity index (χ4n) is 5.81. The summed E-state index contributed by atoms with van der Waals surface area (Å²) in [5.74, 6) is 0.0324. The second-order valence-electron chi connectivity index (χ2n) is 8.93. The lowest BCUT2D eigenvalue weighted by atomic mass is 9.63. The molecule has 4 aromatic rings. The Kier molecular flexibility index (Phi) is 4.33. The third-order valence-corrected chi connectivity index (χ3v) is 7.31. The molecule has 0 saturated carbocycles. The smallest absolute Gasteiger partial charge is 0.122 e. The van der Waals surface area contributed by atoms with Crippen LogP contribution in [0.4, 0.5) is 0 Å². The van der Waals surface area contributed by atoms with Crippen LogP contribution in [0.2, 0.25) is 0 Å². The van der Waals surface area contributed by atoms with E-state index in [1.54, 1.807) is 0 Å². The first-order chi connectivity index (χ1) is 15.2. The standard InChI is InChI=1S/C30H26O/c31-30(25-18-16-21-8-1-2-11-24(21)20-25)28-15-6-4-10-23(28)17-19-29(30)27-14-7-12-22-9-3-5-13-26(22)27/h1-6,8-11,13-16,18,20,29,31H,7,12,17,19H2. The van der Waals surface area contributed by atoms with Crippen LogP contribution in [0.5, 0.6) is 0 Å². The van der Waals surface area contributed by atoms with E-state index < -0.39 is 5.60 Å². The molecule has 1 heteroatoms. The highest BCUT2D eigenvalue weighted by molar-refractivity contribution is 5.84. The summed E-state index contributed by atoms with van der Waals surface area (Å²) in [5, 5.41) is 15.0. The molecule has 0 fully saturated rings. The van der Waals surface area contributed by atoms with E-state index in [0.717, 1.165) is 36.8 Å². The van der Waals surface area contributed by atoms with Gasteiger partial charge in [0, 0.05) is 5.92 Å². The van der Waals surface area contributed by atoms with E-state index in [-0.39, 0.29) is 5.92 Å².